The largest absolute Gasteiger partial charge is 0.369 e. The highest BCUT2D eigenvalue weighted by Gasteiger charge is 2.50. The van der Waals surface area contributed by atoms with Crippen molar-refractivity contribution in [2.24, 2.45) is 5.73 Å². The molecule has 5 amide bonds. The zero-order valence-electron chi connectivity index (χ0n) is 15.5. The first-order valence-electron chi connectivity index (χ1n) is 8.67. The molecule has 1 unspecified atom stereocenters. The second kappa shape index (κ2) is 8.31. The number of nitrogens with one attached hydrogen (secondary N) is 2. The van der Waals surface area contributed by atoms with Crippen molar-refractivity contribution >= 4 is 41.2 Å². The Bertz CT molecular complexity index is 968. The Kier molecular flexibility index (Phi) is 5.83. The minimum absolute atomic E-state index is 0.0579. The molecule has 1 aromatic heterocycles. The number of anilines is 1. The van der Waals surface area contributed by atoms with E-state index in [0.717, 1.165) is 4.90 Å². The predicted molar refractivity (Wildman–Crippen MR) is 107 cm³/mol. The number of hydrogen-bond donors (Lipinski definition) is 3. The van der Waals surface area contributed by atoms with Gasteiger partial charge in [0, 0.05) is 11.1 Å². The fraction of sp³-hybridized carbons (Fsp3) is 0.211. The summed E-state index contributed by atoms with van der Waals surface area (Å²) in [6.07, 6.45) is 1.52. The highest BCUT2D eigenvalue weighted by molar-refractivity contribution is 8.00. The number of pyridine rings is 1. The zero-order chi connectivity index (χ0) is 21.0. The molecule has 0 saturated carbocycles. The second-order valence-electron chi connectivity index (χ2n) is 6.46. The molecule has 150 valence electrons. The number of carbonyl (C=O) groups is 4. The number of nitrogens with two attached hydrogens (primary N) is 1. The third kappa shape index (κ3) is 4.37. The summed E-state index contributed by atoms with van der Waals surface area (Å²) in [6, 6.07) is 11.2. The SMILES string of the molecule is CC1(c2ccccn2)NC(=O)N(CC(=O)Nc2ccccc2SCC(N)=O)C1=O. The van der Waals surface area contributed by atoms with E-state index in [9.17, 15) is 19.2 Å². The third-order valence-corrected chi connectivity index (χ3v) is 5.38. The molecular formula is C19H19N5O4S. The van der Waals surface area contributed by atoms with Gasteiger partial charge in [-0.1, -0.05) is 18.2 Å². The lowest BCUT2D eigenvalue weighted by Crippen LogP contribution is -2.42. The highest BCUT2D eigenvalue weighted by atomic mass is 32.2. The molecule has 0 spiro atoms. The number of aromatic nitrogens is 1. The van der Waals surface area contributed by atoms with E-state index in [1.54, 1.807) is 49.4 Å². The minimum atomic E-state index is -1.34. The standard InChI is InChI=1S/C19H19N5O4S/c1-19(14-8-4-5-9-21-14)17(27)24(18(28)23-19)10-16(26)22-12-6-2-3-7-13(12)29-11-15(20)25/h2-9H,10-11H2,1H3,(H2,20,25)(H,22,26)(H,23,28). The van der Waals surface area contributed by atoms with Crippen molar-refractivity contribution in [2.45, 2.75) is 17.4 Å². The molecule has 1 atom stereocenters. The first-order chi connectivity index (χ1) is 13.8. The number of rotatable bonds is 7. The van der Waals surface area contributed by atoms with Gasteiger partial charge in [-0.05, 0) is 31.2 Å². The van der Waals surface area contributed by atoms with Gasteiger partial charge in [0.25, 0.3) is 5.91 Å². The number of carbonyl (C=O) groups excluding carboxylic acids is 4. The van der Waals surface area contributed by atoms with Crippen molar-refractivity contribution in [3.63, 3.8) is 0 Å². The molecule has 0 aliphatic carbocycles. The van der Waals surface area contributed by atoms with E-state index in [0.29, 0.717) is 16.3 Å². The van der Waals surface area contributed by atoms with Gasteiger partial charge in [-0.2, -0.15) is 0 Å². The molecule has 1 aliphatic rings. The number of primary amides is 1. The Morgan fingerprint density at radius 3 is 2.62 bits per heavy atom. The lowest BCUT2D eigenvalue weighted by atomic mass is 9.97. The lowest BCUT2D eigenvalue weighted by Gasteiger charge is -2.20. The van der Waals surface area contributed by atoms with Crippen LogP contribution in [0.25, 0.3) is 0 Å². The van der Waals surface area contributed by atoms with E-state index >= 15 is 0 Å². The molecule has 1 aromatic carbocycles. The van der Waals surface area contributed by atoms with Crippen LogP contribution in [0.3, 0.4) is 0 Å². The number of nitrogens with zero attached hydrogens (tertiary/aromatic N) is 2. The third-order valence-electron chi connectivity index (χ3n) is 4.28. The summed E-state index contributed by atoms with van der Waals surface area (Å²) in [5.41, 5.74) is 4.67. The average Bonchev–Trinajstić information content (AvgIpc) is 2.92. The molecule has 1 fully saturated rings. The van der Waals surface area contributed by atoms with Gasteiger partial charge < -0.3 is 16.4 Å². The van der Waals surface area contributed by atoms with Crippen molar-refractivity contribution in [1.82, 2.24) is 15.2 Å². The van der Waals surface area contributed by atoms with Gasteiger partial charge in [0.05, 0.1) is 17.1 Å². The van der Waals surface area contributed by atoms with Crippen LogP contribution in [0.1, 0.15) is 12.6 Å². The van der Waals surface area contributed by atoms with Crippen LogP contribution < -0.4 is 16.4 Å². The van der Waals surface area contributed by atoms with Gasteiger partial charge in [-0.3, -0.25) is 24.3 Å². The molecule has 0 bridgehead atoms. The Balaban J connectivity index is 1.71. The van der Waals surface area contributed by atoms with Crippen LogP contribution in [-0.2, 0) is 19.9 Å². The number of benzene rings is 1. The highest BCUT2D eigenvalue weighted by Crippen LogP contribution is 2.28. The minimum Gasteiger partial charge on any atom is -0.369 e. The van der Waals surface area contributed by atoms with Gasteiger partial charge in [0.2, 0.25) is 11.8 Å². The van der Waals surface area contributed by atoms with E-state index in [2.05, 4.69) is 15.6 Å². The van der Waals surface area contributed by atoms with E-state index < -0.39 is 35.8 Å². The maximum atomic E-state index is 12.8. The van der Waals surface area contributed by atoms with Crippen molar-refractivity contribution in [3.05, 3.63) is 54.4 Å². The average molecular weight is 413 g/mol. The summed E-state index contributed by atoms with van der Waals surface area (Å²) < 4.78 is 0. The maximum absolute atomic E-state index is 12.8. The molecule has 1 saturated heterocycles. The predicted octanol–water partition coefficient (Wildman–Crippen LogP) is 1.06. The summed E-state index contributed by atoms with van der Waals surface area (Å²) in [7, 11) is 0. The number of thioether (sulfide) groups is 1. The molecule has 2 heterocycles. The van der Waals surface area contributed by atoms with Gasteiger partial charge >= 0.3 is 6.03 Å². The summed E-state index contributed by atoms with van der Waals surface area (Å²) in [5, 5.41) is 5.27. The molecule has 4 N–H and O–H groups in total. The molecule has 1 aliphatic heterocycles. The van der Waals surface area contributed by atoms with Crippen LogP contribution in [0.5, 0.6) is 0 Å². The monoisotopic (exact) mass is 413 g/mol. The number of para-hydroxylation sites is 1. The van der Waals surface area contributed by atoms with Crippen LogP contribution in [0.2, 0.25) is 0 Å². The van der Waals surface area contributed by atoms with Crippen LogP contribution in [0, 0.1) is 0 Å². The molecule has 29 heavy (non-hydrogen) atoms. The fourth-order valence-electron chi connectivity index (χ4n) is 2.85. The number of amides is 5. The quantitative estimate of drug-likeness (QED) is 0.459. The van der Waals surface area contributed by atoms with Gasteiger partial charge in [0.15, 0.2) is 5.54 Å². The van der Waals surface area contributed by atoms with E-state index in [1.807, 2.05) is 0 Å². The second-order valence-corrected chi connectivity index (χ2v) is 7.48. The van der Waals surface area contributed by atoms with Gasteiger partial charge in [-0.25, -0.2) is 4.79 Å². The zero-order valence-corrected chi connectivity index (χ0v) is 16.4. The Morgan fingerprint density at radius 1 is 1.21 bits per heavy atom. The molecule has 3 rings (SSSR count). The van der Waals surface area contributed by atoms with Crippen LogP contribution in [-0.4, -0.2) is 45.9 Å². The summed E-state index contributed by atoms with van der Waals surface area (Å²) in [6.45, 7) is 1.09. The van der Waals surface area contributed by atoms with Gasteiger partial charge in [-0.15, -0.1) is 11.8 Å². The number of hydrogen-bond acceptors (Lipinski definition) is 6. The molecule has 0 radical (unpaired) electrons. The summed E-state index contributed by atoms with van der Waals surface area (Å²) in [5.74, 6) is -1.54. The van der Waals surface area contributed by atoms with Crippen LogP contribution >= 0.6 is 11.8 Å². The van der Waals surface area contributed by atoms with Crippen molar-refractivity contribution in [3.8, 4) is 0 Å². The van der Waals surface area contributed by atoms with Crippen molar-refractivity contribution in [1.29, 1.82) is 0 Å². The normalized spacial score (nSPS) is 18.4. The van der Waals surface area contributed by atoms with E-state index in [-0.39, 0.29) is 5.75 Å². The van der Waals surface area contributed by atoms with Crippen molar-refractivity contribution < 1.29 is 19.2 Å². The van der Waals surface area contributed by atoms with Crippen LogP contribution in [0.15, 0.2) is 53.6 Å². The Morgan fingerprint density at radius 2 is 1.93 bits per heavy atom. The van der Waals surface area contributed by atoms with Crippen molar-refractivity contribution in [2.75, 3.05) is 17.6 Å². The lowest BCUT2D eigenvalue weighted by molar-refractivity contribution is -0.133. The number of imide groups is 1. The number of urea groups is 1. The topological polar surface area (TPSA) is 134 Å². The Labute approximate surface area is 171 Å². The molecule has 10 heteroatoms. The molecular weight excluding hydrogens is 394 g/mol. The maximum Gasteiger partial charge on any atom is 0.325 e. The Hall–Kier alpha value is -3.40. The first kappa shape index (κ1) is 20.3. The van der Waals surface area contributed by atoms with E-state index in [4.69, 9.17) is 5.73 Å². The summed E-state index contributed by atoms with van der Waals surface area (Å²) in [4.78, 5) is 54.3. The fourth-order valence-corrected chi connectivity index (χ4v) is 3.60. The summed E-state index contributed by atoms with van der Waals surface area (Å²) >= 11 is 1.18. The molecule has 2 aromatic rings. The first-order valence-corrected chi connectivity index (χ1v) is 9.65. The van der Waals surface area contributed by atoms with Crippen LogP contribution in [0.4, 0.5) is 10.5 Å². The van der Waals surface area contributed by atoms with Gasteiger partial charge in [0.1, 0.15) is 6.54 Å². The molecule has 9 nitrogen and oxygen atoms in total. The van der Waals surface area contributed by atoms with E-state index in [1.165, 1.54) is 18.0 Å². The smallest absolute Gasteiger partial charge is 0.325 e.